The van der Waals surface area contributed by atoms with Crippen molar-refractivity contribution in [1.29, 1.82) is 0 Å². The zero-order valence-electron chi connectivity index (χ0n) is 17.3. The van der Waals surface area contributed by atoms with Crippen LogP contribution in [0, 0.1) is 13.8 Å². The Morgan fingerprint density at radius 3 is 2.25 bits per heavy atom. The monoisotopic (exact) mass is 402 g/mol. The fraction of sp³-hybridized carbons (Fsp3) is 0.348. The lowest BCUT2D eigenvalue weighted by molar-refractivity contribution is -0.659. The standard InChI is InChI=1S/C23H27F3NSi/c1-15-11-17(14-23(24,25)26)12-21(16(15)2)22-20-8-7-19(28(4,5)6)13-18(20)9-10-27(22)3/h7-13H,14H2,1-6H3/q+1. The highest BCUT2D eigenvalue weighted by Crippen LogP contribution is 2.32. The molecule has 0 spiro atoms. The van der Waals surface area contributed by atoms with E-state index < -0.39 is 20.7 Å². The van der Waals surface area contributed by atoms with Gasteiger partial charge in [0.1, 0.15) is 7.05 Å². The fourth-order valence-corrected chi connectivity index (χ4v) is 4.86. The molecule has 1 heterocycles. The molecular formula is C23H27F3NSi+. The highest BCUT2D eigenvalue weighted by Gasteiger charge is 2.29. The first-order chi connectivity index (χ1) is 12.9. The minimum absolute atomic E-state index is 0.307. The Morgan fingerprint density at radius 2 is 1.64 bits per heavy atom. The van der Waals surface area contributed by atoms with E-state index in [1.54, 1.807) is 12.1 Å². The van der Waals surface area contributed by atoms with Crippen molar-refractivity contribution < 1.29 is 17.7 Å². The van der Waals surface area contributed by atoms with E-state index in [0.717, 1.165) is 33.2 Å². The summed E-state index contributed by atoms with van der Waals surface area (Å²) in [4.78, 5) is 0. The lowest BCUT2D eigenvalue weighted by Crippen LogP contribution is -2.37. The molecule has 0 bridgehead atoms. The second kappa shape index (κ2) is 7.03. The zero-order valence-corrected chi connectivity index (χ0v) is 18.3. The van der Waals surface area contributed by atoms with E-state index in [4.69, 9.17) is 0 Å². The predicted molar refractivity (Wildman–Crippen MR) is 113 cm³/mol. The van der Waals surface area contributed by atoms with Crippen molar-refractivity contribution in [3.63, 3.8) is 0 Å². The Hall–Kier alpha value is -2.14. The van der Waals surface area contributed by atoms with Gasteiger partial charge in [0.25, 0.3) is 0 Å². The maximum absolute atomic E-state index is 13.0. The van der Waals surface area contributed by atoms with E-state index >= 15 is 0 Å². The van der Waals surface area contributed by atoms with Crippen LogP contribution >= 0.6 is 0 Å². The summed E-state index contributed by atoms with van der Waals surface area (Å²) >= 11 is 0. The molecule has 3 rings (SSSR count). The molecule has 0 atom stereocenters. The first-order valence-corrected chi connectivity index (χ1v) is 13.0. The quantitative estimate of drug-likeness (QED) is 0.397. The smallest absolute Gasteiger partial charge is 0.200 e. The molecule has 3 aromatic rings. The summed E-state index contributed by atoms with van der Waals surface area (Å²) in [6.45, 7) is 10.8. The molecule has 0 radical (unpaired) electrons. The lowest BCUT2D eigenvalue weighted by Gasteiger charge is -2.18. The number of rotatable bonds is 3. The Bertz CT molecular complexity index is 1050. The zero-order chi connectivity index (χ0) is 20.9. The van der Waals surface area contributed by atoms with Crippen LogP contribution in [-0.4, -0.2) is 14.3 Å². The van der Waals surface area contributed by atoms with Gasteiger partial charge in [-0.1, -0.05) is 43.0 Å². The number of alkyl halides is 3. The largest absolute Gasteiger partial charge is 0.393 e. The van der Waals surface area contributed by atoms with Crippen molar-refractivity contribution in [3.05, 3.63) is 59.3 Å². The molecule has 1 nitrogen and oxygen atoms in total. The van der Waals surface area contributed by atoms with Crippen LogP contribution in [0.4, 0.5) is 13.2 Å². The summed E-state index contributed by atoms with van der Waals surface area (Å²) in [5, 5.41) is 3.57. The molecule has 2 aromatic carbocycles. The van der Waals surface area contributed by atoms with E-state index in [0.29, 0.717) is 5.56 Å². The third kappa shape index (κ3) is 4.14. The predicted octanol–water partition coefficient (Wildman–Crippen LogP) is 5.60. The highest BCUT2D eigenvalue weighted by molar-refractivity contribution is 6.88. The van der Waals surface area contributed by atoms with Crippen molar-refractivity contribution in [3.8, 4) is 11.3 Å². The Labute approximate surface area is 165 Å². The van der Waals surface area contributed by atoms with Crippen molar-refractivity contribution in [2.75, 3.05) is 0 Å². The Kier molecular flexibility index (Phi) is 5.17. The van der Waals surface area contributed by atoms with Crippen LogP contribution < -0.4 is 9.75 Å². The van der Waals surface area contributed by atoms with Gasteiger partial charge in [-0.05, 0) is 48.1 Å². The molecule has 148 valence electrons. The lowest BCUT2D eigenvalue weighted by atomic mass is 9.93. The van der Waals surface area contributed by atoms with Gasteiger partial charge in [0.05, 0.1) is 25.4 Å². The van der Waals surface area contributed by atoms with Crippen LogP contribution in [0.3, 0.4) is 0 Å². The Morgan fingerprint density at radius 1 is 0.964 bits per heavy atom. The van der Waals surface area contributed by atoms with Crippen LogP contribution in [0.1, 0.15) is 16.7 Å². The topological polar surface area (TPSA) is 3.88 Å². The molecule has 0 N–H and O–H groups in total. The number of fused-ring (bicyclic) bond motifs is 1. The third-order valence-corrected chi connectivity index (χ3v) is 7.43. The maximum Gasteiger partial charge on any atom is 0.393 e. The van der Waals surface area contributed by atoms with Gasteiger partial charge in [-0.15, -0.1) is 0 Å². The molecule has 0 unspecified atom stereocenters. The minimum atomic E-state index is -4.22. The molecule has 28 heavy (non-hydrogen) atoms. The molecular weight excluding hydrogens is 375 g/mol. The summed E-state index contributed by atoms with van der Waals surface area (Å²) in [6, 6.07) is 12.0. The van der Waals surface area contributed by atoms with Crippen LogP contribution in [0.15, 0.2) is 42.6 Å². The SMILES string of the molecule is Cc1cc(CC(F)(F)F)cc(-c2c3ccc([Si](C)(C)C)cc3cc[n+]2C)c1C. The van der Waals surface area contributed by atoms with Crippen LogP contribution in [0.25, 0.3) is 22.0 Å². The molecule has 1 aromatic heterocycles. The van der Waals surface area contributed by atoms with E-state index in [1.165, 1.54) is 5.19 Å². The fourth-order valence-electron chi connectivity index (χ4n) is 3.69. The van der Waals surface area contributed by atoms with Crippen molar-refractivity contribution in [1.82, 2.24) is 0 Å². The Balaban J connectivity index is 2.27. The average molecular weight is 403 g/mol. The van der Waals surface area contributed by atoms with E-state index in [-0.39, 0.29) is 0 Å². The first kappa shape index (κ1) is 20.6. The number of aromatic nitrogens is 1. The van der Waals surface area contributed by atoms with Gasteiger partial charge in [-0.3, -0.25) is 0 Å². The summed E-state index contributed by atoms with van der Waals surface area (Å²) in [5.74, 6) is 0. The minimum Gasteiger partial charge on any atom is -0.200 e. The highest BCUT2D eigenvalue weighted by atomic mass is 28.3. The number of pyridine rings is 1. The van der Waals surface area contributed by atoms with Crippen molar-refractivity contribution in [2.45, 2.75) is 46.1 Å². The van der Waals surface area contributed by atoms with Crippen LogP contribution in [-0.2, 0) is 13.5 Å². The number of hydrogen-bond donors (Lipinski definition) is 0. The second-order valence-corrected chi connectivity index (χ2v) is 13.8. The normalized spacial score (nSPS) is 12.6. The number of hydrogen-bond acceptors (Lipinski definition) is 0. The molecule has 0 saturated carbocycles. The summed E-state index contributed by atoms with van der Waals surface area (Å²) < 4.78 is 41.0. The molecule has 0 fully saturated rings. The van der Waals surface area contributed by atoms with Gasteiger partial charge in [0, 0.05) is 6.07 Å². The van der Waals surface area contributed by atoms with Gasteiger partial charge in [0.2, 0.25) is 5.69 Å². The summed E-state index contributed by atoms with van der Waals surface area (Å²) in [5.41, 5.74) is 4.04. The number of halogens is 3. The number of nitrogens with zero attached hydrogens (tertiary/aromatic N) is 1. The molecule has 0 saturated heterocycles. The summed E-state index contributed by atoms with van der Waals surface area (Å²) in [6.07, 6.45) is -3.13. The first-order valence-electron chi connectivity index (χ1n) is 9.47. The molecule has 0 amide bonds. The van der Waals surface area contributed by atoms with Gasteiger partial charge in [0.15, 0.2) is 6.20 Å². The van der Waals surface area contributed by atoms with Crippen LogP contribution in [0.2, 0.25) is 19.6 Å². The third-order valence-electron chi connectivity index (χ3n) is 5.39. The summed E-state index contributed by atoms with van der Waals surface area (Å²) in [7, 11) is 0.503. The van der Waals surface area contributed by atoms with Gasteiger partial charge in [-0.25, -0.2) is 4.57 Å². The van der Waals surface area contributed by atoms with Gasteiger partial charge in [-0.2, -0.15) is 13.2 Å². The van der Waals surface area contributed by atoms with E-state index in [2.05, 4.69) is 43.9 Å². The maximum atomic E-state index is 13.0. The number of benzene rings is 2. The molecule has 0 aliphatic heterocycles. The van der Waals surface area contributed by atoms with Crippen molar-refractivity contribution >= 4 is 24.0 Å². The number of aryl methyl sites for hydroxylation is 2. The molecule has 5 heteroatoms. The van der Waals surface area contributed by atoms with E-state index in [9.17, 15) is 13.2 Å². The van der Waals surface area contributed by atoms with E-state index in [1.807, 2.05) is 31.7 Å². The van der Waals surface area contributed by atoms with Gasteiger partial charge < -0.3 is 0 Å². The molecule has 0 aliphatic carbocycles. The molecule has 0 aliphatic rings. The van der Waals surface area contributed by atoms with Gasteiger partial charge >= 0.3 is 6.18 Å². The second-order valence-electron chi connectivity index (χ2n) is 8.70. The van der Waals surface area contributed by atoms with Crippen LogP contribution in [0.5, 0.6) is 0 Å². The average Bonchev–Trinajstić information content (AvgIpc) is 2.55. The van der Waals surface area contributed by atoms with Crippen molar-refractivity contribution in [2.24, 2.45) is 7.05 Å².